The molecule has 0 spiro atoms. The first-order valence-electron chi connectivity index (χ1n) is 6.94. The van der Waals surface area contributed by atoms with Crippen molar-refractivity contribution in [2.75, 3.05) is 12.3 Å². The molecular weight excluding hydrogens is 316 g/mol. The lowest BCUT2D eigenvalue weighted by Crippen LogP contribution is -2.19. The molecule has 1 aliphatic rings. The number of nitrogens with zero attached hydrogens (tertiary/aromatic N) is 3. The number of carbonyl (C=O) groups is 1. The quantitative estimate of drug-likeness (QED) is 0.865. The lowest BCUT2D eigenvalue weighted by atomic mass is 10.2. The minimum Gasteiger partial charge on any atom is -0.461 e. The number of aryl methyl sites for hydroxylation is 1. The van der Waals surface area contributed by atoms with E-state index in [2.05, 4.69) is 9.98 Å². The van der Waals surface area contributed by atoms with E-state index in [0.717, 1.165) is 0 Å². The van der Waals surface area contributed by atoms with Gasteiger partial charge >= 0.3 is 5.97 Å². The number of aromatic nitrogens is 2. The maximum absolute atomic E-state index is 12.2. The summed E-state index contributed by atoms with van der Waals surface area (Å²) in [7, 11) is 0. The molecule has 8 heteroatoms. The number of nitrogens with two attached hydrogens (primary N) is 1. The summed E-state index contributed by atoms with van der Waals surface area (Å²) in [4.78, 5) is 33.6. The second-order valence-electron chi connectivity index (χ2n) is 4.77. The number of ether oxygens (including phenoxy) is 1. The highest BCUT2D eigenvalue weighted by molar-refractivity contribution is 7.17. The van der Waals surface area contributed by atoms with Crippen LogP contribution in [0.5, 0.6) is 0 Å². The fourth-order valence-electron chi connectivity index (χ4n) is 2.27. The van der Waals surface area contributed by atoms with E-state index < -0.39 is 11.5 Å². The number of rotatable bonds is 3. The summed E-state index contributed by atoms with van der Waals surface area (Å²) < 4.78 is 6.54. The topological polar surface area (TPSA) is 99.0 Å². The number of hydrogen-bond donors (Lipinski definition) is 1. The first-order chi connectivity index (χ1) is 11.0. The van der Waals surface area contributed by atoms with E-state index in [1.807, 2.05) is 0 Å². The Hall–Kier alpha value is -2.74. The van der Waals surface area contributed by atoms with Gasteiger partial charge in [-0.2, -0.15) is 4.98 Å². The van der Waals surface area contributed by atoms with Gasteiger partial charge in [0.05, 0.1) is 17.9 Å². The van der Waals surface area contributed by atoms with Crippen LogP contribution in [0.1, 0.15) is 27.9 Å². The molecule has 0 saturated heterocycles. The second-order valence-corrected chi connectivity index (χ2v) is 5.95. The van der Waals surface area contributed by atoms with Gasteiger partial charge in [-0.05, 0) is 32.1 Å². The van der Waals surface area contributed by atoms with Gasteiger partial charge in [0.2, 0.25) is 0 Å². The van der Waals surface area contributed by atoms with Crippen molar-refractivity contribution < 1.29 is 9.53 Å². The average molecular weight is 330 g/mol. The van der Waals surface area contributed by atoms with Crippen molar-refractivity contribution in [3.8, 4) is 0 Å². The molecule has 3 rings (SSSR count). The third-order valence-corrected chi connectivity index (χ3v) is 4.23. The van der Waals surface area contributed by atoms with E-state index in [9.17, 15) is 9.59 Å². The Morgan fingerprint density at radius 3 is 2.96 bits per heavy atom. The number of aliphatic imine (C=N–C) groups is 1. The van der Waals surface area contributed by atoms with Crippen LogP contribution in [-0.4, -0.2) is 28.2 Å². The third-order valence-electron chi connectivity index (χ3n) is 3.27. The Balaban J connectivity index is 2.28. The molecule has 0 saturated carbocycles. The normalized spacial score (nSPS) is 15.0. The molecule has 0 aromatic carbocycles. The van der Waals surface area contributed by atoms with E-state index in [0.29, 0.717) is 21.2 Å². The van der Waals surface area contributed by atoms with Crippen LogP contribution >= 0.6 is 11.3 Å². The van der Waals surface area contributed by atoms with Crippen LogP contribution in [0, 0.1) is 6.92 Å². The standard InChI is InChI=1S/C15H14N4O3S/c1-3-22-14(21)11-8(2)23-15-18-13(20)10(12(16)19(11)15)7-9-5-4-6-17-9/h4-7H,3,16H2,1-2H3. The zero-order valence-corrected chi connectivity index (χ0v) is 13.4. The Bertz CT molecular complexity index is 936. The number of hydrogen-bond acceptors (Lipinski definition) is 7. The molecule has 0 amide bonds. The number of thiazole rings is 1. The van der Waals surface area contributed by atoms with E-state index in [1.165, 1.54) is 15.7 Å². The molecule has 0 bridgehead atoms. The molecule has 2 aromatic heterocycles. The van der Waals surface area contributed by atoms with E-state index in [1.54, 1.807) is 38.3 Å². The number of esters is 1. The van der Waals surface area contributed by atoms with Crippen molar-refractivity contribution in [2.24, 2.45) is 4.99 Å². The largest absolute Gasteiger partial charge is 0.461 e. The average Bonchev–Trinajstić information content (AvgIpc) is 3.10. The van der Waals surface area contributed by atoms with Crippen LogP contribution in [0.2, 0.25) is 0 Å². The molecule has 2 N–H and O–H groups in total. The number of carbonyl (C=O) groups excluding carboxylic acids is 1. The minimum absolute atomic E-state index is 0.149. The predicted octanol–water partition coefficient (Wildman–Crippen LogP) is 1.80. The number of nitrogen functional groups attached to an aromatic ring is 1. The third kappa shape index (κ3) is 2.57. The van der Waals surface area contributed by atoms with E-state index in [-0.39, 0.29) is 18.0 Å². The van der Waals surface area contributed by atoms with Crippen LogP contribution in [0.4, 0.5) is 5.82 Å². The highest BCUT2D eigenvalue weighted by atomic mass is 32.1. The highest BCUT2D eigenvalue weighted by Gasteiger charge is 2.22. The van der Waals surface area contributed by atoms with Crippen molar-refractivity contribution >= 4 is 40.4 Å². The lowest BCUT2D eigenvalue weighted by Gasteiger charge is -2.07. The van der Waals surface area contributed by atoms with E-state index >= 15 is 0 Å². The van der Waals surface area contributed by atoms with Crippen LogP contribution in [0.25, 0.3) is 11.0 Å². The molecular formula is C15H14N4O3S. The summed E-state index contributed by atoms with van der Waals surface area (Å²) in [6.45, 7) is 3.74. The van der Waals surface area contributed by atoms with E-state index in [4.69, 9.17) is 10.5 Å². The summed E-state index contributed by atoms with van der Waals surface area (Å²) in [6.07, 6.45) is 6.67. The maximum Gasteiger partial charge on any atom is 0.356 e. The van der Waals surface area contributed by atoms with Crippen LogP contribution in [0.3, 0.4) is 0 Å². The van der Waals surface area contributed by atoms with Crippen LogP contribution in [0.15, 0.2) is 27.6 Å². The maximum atomic E-state index is 12.2. The van der Waals surface area contributed by atoms with Crippen LogP contribution < -0.4 is 11.3 Å². The van der Waals surface area contributed by atoms with Gasteiger partial charge in [0.15, 0.2) is 4.96 Å². The Kier molecular flexibility index (Phi) is 3.83. The van der Waals surface area contributed by atoms with Crippen molar-refractivity contribution in [1.82, 2.24) is 9.38 Å². The summed E-state index contributed by atoms with van der Waals surface area (Å²) in [5.74, 6) is -0.346. The Labute approximate surface area is 135 Å². The van der Waals surface area contributed by atoms with Crippen molar-refractivity contribution in [3.63, 3.8) is 0 Å². The van der Waals surface area contributed by atoms with Gasteiger partial charge in [-0.15, -0.1) is 11.3 Å². The van der Waals surface area contributed by atoms with Crippen LogP contribution in [-0.2, 0) is 4.74 Å². The summed E-state index contributed by atoms with van der Waals surface area (Å²) in [5.41, 5.74) is 6.78. The SMILES string of the molecule is CCOC(=O)c1c(C)sc2nc(=O)c(C=C3C=CC=N3)c(N)n12. The number of allylic oxidation sites excluding steroid dienone is 2. The summed E-state index contributed by atoms with van der Waals surface area (Å²) in [6, 6.07) is 0. The molecule has 0 unspecified atom stereocenters. The van der Waals surface area contributed by atoms with Gasteiger partial charge in [-0.3, -0.25) is 14.2 Å². The zero-order chi connectivity index (χ0) is 16.6. The Morgan fingerprint density at radius 1 is 1.52 bits per heavy atom. The molecule has 118 valence electrons. The minimum atomic E-state index is -0.495. The van der Waals surface area contributed by atoms with Crippen molar-refractivity contribution in [3.05, 3.63) is 44.3 Å². The molecule has 0 atom stereocenters. The first kappa shape index (κ1) is 15.2. The summed E-state index contributed by atoms with van der Waals surface area (Å²) in [5, 5.41) is 0. The zero-order valence-electron chi connectivity index (χ0n) is 12.6. The van der Waals surface area contributed by atoms with Gasteiger partial charge in [0, 0.05) is 11.1 Å². The molecule has 3 heterocycles. The van der Waals surface area contributed by atoms with Gasteiger partial charge in [-0.1, -0.05) is 0 Å². The second kappa shape index (κ2) is 5.81. The molecule has 23 heavy (non-hydrogen) atoms. The Morgan fingerprint density at radius 2 is 2.30 bits per heavy atom. The first-order valence-corrected chi connectivity index (χ1v) is 7.75. The molecule has 7 nitrogen and oxygen atoms in total. The van der Waals surface area contributed by atoms with Crippen molar-refractivity contribution in [2.45, 2.75) is 13.8 Å². The fraction of sp³-hybridized carbons (Fsp3) is 0.200. The fourth-order valence-corrected chi connectivity index (χ4v) is 3.23. The van der Waals surface area contributed by atoms with Gasteiger partial charge in [0.25, 0.3) is 5.56 Å². The molecule has 1 aliphatic heterocycles. The van der Waals surface area contributed by atoms with Crippen molar-refractivity contribution in [1.29, 1.82) is 0 Å². The number of fused-ring (bicyclic) bond motifs is 1. The van der Waals surface area contributed by atoms with Gasteiger partial charge in [0.1, 0.15) is 11.5 Å². The highest BCUT2D eigenvalue weighted by Crippen LogP contribution is 2.26. The molecule has 0 radical (unpaired) electrons. The number of anilines is 1. The summed E-state index contributed by atoms with van der Waals surface area (Å²) >= 11 is 1.22. The monoisotopic (exact) mass is 330 g/mol. The van der Waals surface area contributed by atoms with Gasteiger partial charge in [-0.25, -0.2) is 4.79 Å². The predicted molar refractivity (Wildman–Crippen MR) is 90.1 cm³/mol. The van der Waals surface area contributed by atoms with Gasteiger partial charge < -0.3 is 10.5 Å². The molecule has 0 fully saturated rings. The molecule has 2 aromatic rings. The smallest absolute Gasteiger partial charge is 0.356 e. The lowest BCUT2D eigenvalue weighted by molar-refractivity contribution is 0.0518. The molecule has 0 aliphatic carbocycles.